The maximum absolute atomic E-state index is 10.5. The fourth-order valence-corrected chi connectivity index (χ4v) is 3.64. The summed E-state index contributed by atoms with van der Waals surface area (Å²) in [5.74, 6) is 0.791. The molecule has 0 spiro atoms. The number of hydrogen-bond donors (Lipinski definition) is 2. The Bertz CT molecular complexity index is 1150. The SMILES string of the molecule is COc1cccc(-c2ccc(O)c(CNC(c3ccccc3)c3ccc(Cl)cc3)c2)n1. The van der Waals surface area contributed by atoms with E-state index in [1.54, 1.807) is 13.2 Å². The van der Waals surface area contributed by atoms with Gasteiger partial charge in [0.25, 0.3) is 0 Å². The number of phenols is 1. The maximum Gasteiger partial charge on any atom is 0.213 e. The van der Waals surface area contributed by atoms with Gasteiger partial charge in [0.1, 0.15) is 5.75 Å². The number of methoxy groups -OCH3 is 1. The third kappa shape index (κ3) is 5.05. The molecule has 156 valence electrons. The molecule has 3 aromatic carbocycles. The molecule has 1 atom stereocenters. The van der Waals surface area contributed by atoms with Gasteiger partial charge in [-0.05, 0) is 47.5 Å². The zero-order chi connectivity index (χ0) is 21.6. The van der Waals surface area contributed by atoms with Gasteiger partial charge in [-0.1, -0.05) is 60.1 Å². The number of nitrogens with zero attached hydrogens (tertiary/aromatic N) is 1. The number of aromatic nitrogens is 1. The number of aromatic hydroxyl groups is 1. The summed E-state index contributed by atoms with van der Waals surface area (Å²) >= 11 is 6.09. The summed E-state index contributed by atoms with van der Waals surface area (Å²) in [6, 6.07) is 29.1. The van der Waals surface area contributed by atoms with Crippen LogP contribution >= 0.6 is 11.6 Å². The lowest BCUT2D eigenvalue weighted by Gasteiger charge is -2.21. The molecule has 1 aromatic heterocycles. The highest BCUT2D eigenvalue weighted by atomic mass is 35.5. The normalized spacial score (nSPS) is 11.8. The van der Waals surface area contributed by atoms with Crippen molar-refractivity contribution in [3.63, 3.8) is 0 Å². The number of rotatable bonds is 7. The van der Waals surface area contributed by atoms with Gasteiger partial charge < -0.3 is 15.2 Å². The third-order valence-electron chi connectivity index (χ3n) is 5.14. The van der Waals surface area contributed by atoms with Crippen LogP contribution in [0.4, 0.5) is 0 Å². The largest absolute Gasteiger partial charge is 0.508 e. The van der Waals surface area contributed by atoms with E-state index in [2.05, 4.69) is 22.4 Å². The van der Waals surface area contributed by atoms with Gasteiger partial charge in [0.05, 0.1) is 18.8 Å². The number of ether oxygens (including phenoxy) is 1. The van der Waals surface area contributed by atoms with Crippen LogP contribution in [0.5, 0.6) is 11.6 Å². The number of halogens is 1. The minimum absolute atomic E-state index is 0.0449. The second-order valence-electron chi connectivity index (χ2n) is 7.18. The maximum atomic E-state index is 10.5. The van der Waals surface area contributed by atoms with E-state index in [1.165, 1.54) is 0 Å². The first-order chi connectivity index (χ1) is 15.1. The Balaban J connectivity index is 1.61. The first kappa shape index (κ1) is 20.9. The second kappa shape index (κ2) is 9.65. The summed E-state index contributed by atoms with van der Waals surface area (Å²) in [6.07, 6.45) is 0. The first-order valence-corrected chi connectivity index (χ1v) is 10.4. The predicted octanol–water partition coefficient (Wildman–Crippen LogP) is 6.00. The molecule has 0 aliphatic heterocycles. The minimum atomic E-state index is -0.0449. The van der Waals surface area contributed by atoms with Crippen molar-refractivity contribution < 1.29 is 9.84 Å². The van der Waals surface area contributed by atoms with E-state index in [1.807, 2.05) is 72.8 Å². The lowest BCUT2D eigenvalue weighted by molar-refractivity contribution is 0.398. The fraction of sp³-hybridized carbons (Fsp3) is 0.115. The van der Waals surface area contributed by atoms with Crippen molar-refractivity contribution in [3.05, 3.63) is 113 Å². The lowest BCUT2D eigenvalue weighted by atomic mass is 9.98. The van der Waals surface area contributed by atoms with Gasteiger partial charge in [0.15, 0.2) is 0 Å². The average molecular weight is 431 g/mol. The highest BCUT2D eigenvalue weighted by Gasteiger charge is 2.15. The lowest BCUT2D eigenvalue weighted by Crippen LogP contribution is -2.22. The number of pyridine rings is 1. The third-order valence-corrected chi connectivity index (χ3v) is 5.39. The molecule has 0 saturated heterocycles. The Morgan fingerprint density at radius 2 is 1.65 bits per heavy atom. The minimum Gasteiger partial charge on any atom is -0.508 e. The molecule has 0 aliphatic rings. The molecule has 0 saturated carbocycles. The summed E-state index contributed by atoms with van der Waals surface area (Å²) < 4.78 is 5.23. The summed E-state index contributed by atoms with van der Waals surface area (Å²) in [5, 5.41) is 14.8. The van der Waals surface area contributed by atoms with E-state index in [0.29, 0.717) is 17.4 Å². The van der Waals surface area contributed by atoms with Gasteiger partial charge in [-0.3, -0.25) is 0 Å². The van der Waals surface area contributed by atoms with Crippen LogP contribution in [0.1, 0.15) is 22.7 Å². The highest BCUT2D eigenvalue weighted by Crippen LogP contribution is 2.28. The van der Waals surface area contributed by atoms with Crippen molar-refractivity contribution >= 4 is 11.6 Å². The standard InChI is InChI=1S/C26H23ClN2O2/c1-31-25-9-5-8-23(29-25)20-12-15-24(30)21(16-20)17-28-26(18-6-3-2-4-7-18)19-10-13-22(27)14-11-19/h2-16,26,28,30H,17H2,1H3. The number of benzene rings is 3. The van der Waals surface area contributed by atoms with Gasteiger partial charge in [-0.2, -0.15) is 0 Å². The average Bonchev–Trinajstić information content (AvgIpc) is 2.82. The van der Waals surface area contributed by atoms with Crippen molar-refractivity contribution in [1.82, 2.24) is 10.3 Å². The van der Waals surface area contributed by atoms with E-state index in [9.17, 15) is 5.11 Å². The fourth-order valence-electron chi connectivity index (χ4n) is 3.52. The van der Waals surface area contributed by atoms with Crippen LogP contribution in [0.3, 0.4) is 0 Å². The van der Waals surface area contributed by atoms with Crippen molar-refractivity contribution in [2.24, 2.45) is 0 Å². The summed E-state index contributed by atoms with van der Waals surface area (Å²) in [4.78, 5) is 4.49. The quantitative estimate of drug-likeness (QED) is 0.378. The number of nitrogens with one attached hydrogen (secondary N) is 1. The molecule has 1 heterocycles. The molecule has 4 aromatic rings. The Labute approximate surface area is 187 Å². The molecular formula is C26H23ClN2O2. The predicted molar refractivity (Wildman–Crippen MR) is 124 cm³/mol. The van der Waals surface area contributed by atoms with Gasteiger partial charge in [-0.15, -0.1) is 0 Å². The van der Waals surface area contributed by atoms with E-state index in [0.717, 1.165) is 27.9 Å². The first-order valence-electron chi connectivity index (χ1n) is 10.0. The molecule has 2 N–H and O–H groups in total. The smallest absolute Gasteiger partial charge is 0.213 e. The Morgan fingerprint density at radius 1 is 0.903 bits per heavy atom. The number of hydrogen-bond acceptors (Lipinski definition) is 4. The van der Waals surface area contributed by atoms with Crippen LogP contribution in [0.2, 0.25) is 5.02 Å². The van der Waals surface area contributed by atoms with Gasteiger partial charge in [0, 0.05) is 28.8 Å². The topological polar surface area (TPSA) is 54.4 Å². The van der Waals surface area contributed by atoms with Crippen LogP contribution in [-0.2, 0) is 6.54 Å². The molecule has 1 unspecified atom stereocenters. The zero-order valence-corrected chi connectivity index (χ0v) is 17.9. The summed E-state index contributed by atoms with van der Waals surface area (Å²) in [7, 11) is 1.60. The molecule has 0 radical (unpaired) electrons. The molecule has 4 rings (SSSR count). The second-order valence-corrected chi connectivity index (χ2v) is 7.62. The monoisotopic (exact) mass is 430 g/mol. The Kier molecular flexibility index (Phi) is 6.51. The molecule has 31 heavy (non-hydrogen) atoms. The molecular weight excluding hydrogens is 408 g/mol. The van der Waals surface area contributed by atoms with Crippen LogP contribution in [0.25, 0.3) is 11.3 Å². The van der Waals surface area contributed by atoms with Crippen molar-refractivity contribution in [2.75, 3.05) is 7.11 Å². The summed E-state index contributed by atoms with van der Waals surface area (Å²) in [6.45, 7) is 0.478. The molecule has 0 aliphatic carbocycles. The van der Waals surface area contributed by atoms with Gasteiger partial charge in [-0.25, -0.2) is 4.98 Å². The molecule has 0 bridgehead atoms. The molecule has 0 fully saturated rings. The van der Waals surface area contributed by atoms with E-state index >= 15 is 0 Å². The molecule has 5 heteroatoms. The summed E-state index contributed by atoms with van der Waals surface area (Å²) in [5.41, 5.74) is 4.72. The van der Waals surface area contributed by atoms with Gasteiger partial charge in [0.2, 0.25) is 5.88 Å². The highest BCUT2D eigenvalue weighted by molar-refractivity contribution is 6.30. The van der Waals surface area contributed by atoms with E-state index < -0.39 is 0 Å². The van der Waals surface area contributed by atoms with Crippen LogP contribution < -0.4 is 10.1 Å². The molecule has 0 amide bonds. The zero-order valence-electron chi connectivity index (χ0n) is 17.1. The molecule has 4 nitrogen and oxygen atoms in total. The Hall–Kier alpha value is -3.34. The van der Waals surface area contributed by atoms with Crippen molar-refractivity contribution in [1.29, 1.82) is 0 Å². The Morgan fingerprint density at radius 3 is 2.39 bits per heavy atom. The van der Waals surface area contributed by atoms with Crippen LogP contribution in [0.15, 0.2) is 91.0 Å². The van der Waals surface area contributed by atoms with E-state index in [-0.39, 0.29) is 11.8 Å². The van der Waals surface area contributed by atoms with Crippen molar-refractivity contribution in [3.8, 4) is 22.9 Å². The van der Waals surface area contributed by atoms with Gasteiger partial charge >= 0.3 is 0 Å². The van der Waals surface area contributed by atoms with Crippen LogP contribution in [-0.4, -0.2) is 17.2 Å². The van der Waals surface area contributed by atoms with E-state index in [4.69, 9.17) is 16.3 Å². The van der Waals surface area contributed by atoms with Crippen molar-refractivity contribution in [2.45, 2.75) is 12.6 Å². The van der Waals surface area contributed by atoms with Crippen LogP contribution in [0, 0.1) is 0 Å². The number of phenolic OH excluding ortho intramolecular Hbond substituents is 1.